The van der Waals surface area contributed by atoms with Crippen molar-refractivity contribution >= 4 is 11.9 Å². The number of hydrogen-bond donors (Lipinski definition) is 0. The molecule has 0 saturated carbocycles. The monoisotopic (exact) mass is 395 g/mol. The number of piperazine rings is 1. The van der Waals surface area contributed by atoms with Gasteiger partial charge in [0.25, 0.3) is 0 Å². The third-order valence-electron chi connectivity index (χ3n) is 4.77. The molecule has 1 fully saturated rings. The lowest BCUT2D eigenvalue weighted by Gasteiger charge is -2.35. The van der Waals surface area contributed by atoms with Crippen molar-refractivity contribution in [3.8, 4) is 0 Å². The minimum Gasteiger partial charge on any atom is -0.444 e. The van der Waals surface area contributed by atoms with Crippen molar-refractivity contribution in [2.45, 2.75) is 39.3 Å². The Hall–Kier alpha value is -2.73. The number of carbonyl (C=O) groups is 2. The van der Waals surface area contributed by atoms with Crippen molar-refractivity contribution in [3.63, 3.8) is 0 Å². The van der Waals surface area contributed by atoms with E-state index in [9.17, 15) is 9.59 Å². The van der Waals surface area contributed by atoms with Crippen LogP contribution in [0.5, 0.6) is 0 Å². The zero-order valence-corrected chi connectivity index (χ0v) is 17.4. The van der Waals surface area contributed by atoms with Crippen molar-refractivity contribution in [2.24, 2.45) is 0 Å². The van der Waals surface area contributed by atoms with Gasteiger partial charge >= 0.3 is 6.09 Å². The summed E-state index contributed by atoms with van der Waals surface area (Å²) < 4.78 is 5.44. The average Bonchev–Trinajstić information content (AvgIpc) is 2.69. The van der Waals surface area contributed by atoms with E-state index in [0.717, 1.165) is 25.2 Å². The molecule has 1 saturated heterocycles. The summed E-state index contributed by atoms with van der Waals surface area (Å²) in [5, 5.41) is 0. The first kappa shape index (κ1) is 21.0. The van der Waals surface area contributed by atoms with Gasteiger partial charge < -0.3 is 9.64 Å². The maximum atomic E-state index is 12.3. The van der Waals surface area contributed by atoms with Crippen LogP contribution < -0.4 is 0 Å². The van der Waals surface area contributed by atoms with Gasteiger partial charge in [0.05, 0.1) is 0 Å². The van der Waals surface area contributed by atoms with Gasteiger partial charge in [-0.2, -0.15) is 0 Å². The van der Waals surface area contributed by atoms with E-state index in [-0.39, 0.29) is 11.9 Å². The first-order valence-electron chi connectivity index (χ1n) is 10.0. The molecule has 154 valence electrons. The van der Waals surface area contributed by atoms with E-state index < -0.39 is 5.60 Å². The summed E-state index contributed by atoms with van der Waals surface area (Å²) in [7, 11) is 0. The van der Waals surface area contributed by atoms with Crippen LogP contribution in [-0.2, 0) is 17.7 Å². The van der Waals surface area contributed by atoms with Crippen LogP contribution in [0.25, 0.3) is 0 Å². The molecule has 1 aliphatic rings. The van der Waals surface area contributed by atoms with Gasteiger partial charge in [-0.15, -0.1) is 0 Å². The number of carbonyl (C=O) groups excluding carboxylic acids is 2. The van der Waals surface area contributed by atoms with Crippen molar-refractivity contribution in [1.29, 1.82) is 0 Å². The quantitative estimate of drug-likeness (QED) is 0.725. The number of ether oxygens (including phenoxy) is 1. The van der Waals surface area contributed by atoms with Gasteiger partial charge in [0.1, 0.15) is 11.3 Å². The Balaban J connectivity index is 1.47. The molecule has 1 aromatic carbocycles. The van der Waals surface area contributed by atoms with Crippen molar-refractivity contribution < 1.29 is 14.3 Å². The first-order valence-corrected chi connectivity index (χ1v) is 10.0. The number of hydrogen-bond acceptors (Lipinski definition) is 5. The molecule has 1 aliphatic heterocycles. The van der Waals surface area contributed by atoms with Crippen LogP contribution in [0.15, 0.2) is 48.7 Å². The molecule has 0 atom stereocenters. The lowest BCUT2D eigenvalue weighted by Crippen LogP contribution is -2.49. The van der Waals surface area contributed by atoms with Crippen LogP contribution >= 0.6 is 0 Å². The Morgan fingerprint density at radius 1 is 0.966 bits per heavy atom. The summed E-state index contributed by atoms with van der Waals surface area (Å²) >= 11 is 0. The summed E-state index contributed by atoms with van der Waals surface area (Å²) in [5.74, 6) is 0.0246. The van der Waals surface area contributed by atoms with Crippen molar-refractivity contribution in [1.82, 2.24) is 14.8 Å². The fourth-order valence-electron chi connectivity index (χ4n) is 3.24. The molecule has 3 rings (SSSR count). The van der Waals surface area contributed by atoms with Crippen molar-refractivity contribution in [3.05, 3.63) is 65.5 Å². The van der Waals surface area contributed by atoms with E-state index in [1.54, 1.807) is 23.2 Å². The molecule has 1 aromatic heterocycles. The normalized spacial score (nSPS) is 15.2. The van der Waals surface area contributed by atoms with Gasteiger partial charge in [0.15, 0.2) is 5.78 Å². The lowest BCUT2D eigenvalue weighted by atomic mass is 10.0. The van der Waals surface area contributed by atoms with Crippen LogP contribution in [0.3, 0.4) is 0 Å². The molecular weight excluding hydrogens is 366 g/mol. The van der Waals surface area contributed by atoms with Crippen LogP contribution in [-0.4, -0.2) is 58.4 Å². The summed E-state index contributed by atoms with van der Waals surface area (Å²) in [6.45, 7) is 9.46. The third-order valence-corrected chi connectivity index (χ3v) is 4.77. The molecule has 0 bridgehead atoms. The second kappa shape index (κ2) is 9.18. The lowest BCUT2D eigenvalue weighted by molar-refractivity contribution is 0.0139. The van der Waals surface area contributed by atoms with Gasteiger partial charge in [-0.1, -0.05) is 30.3 Å². The van der Waals surface area contributed by atoms with E-state index in [1.165, 1.54) is 5.56 Å². The van der Waals surface area contributed by atoms with Crippen LogP contribution in [0.1, 0.15) is 42.4 Å². The van der Waals surface area contributed by atoms with E-state index in [2.05, 4.69) is 22.0 Å². The molecule has 0 spiro atoms. The van der Waals surface area contributed by atoms with Crippen molar-refractivity contribution in [2.75, 3.05) is 26.2 Å². The van der Waals surface area contributed by atoms with E-state index in [0.29, 0.717) is 25.2 Å². The number of aromatic nitrogens is 1. The molecular formula is C23H29N3O3. The van der Waals surface area contributed by atoms with E-state index in [4.69, 9.17) is 4.74 Å². The van der Waals surface area contributed by atoms with Gasteiger partial charge in [-0.05, 0) is 44.0 Å². The van der Waals surface area contributed by atoms with Crippen LogP contribution in [0.2, 0.25) is 0 Å². The average molecular weight is 396 g/mol. The van der Waals surface area contributed by atoms with Gasteiger partial charge in [0, 0.05) is 45.3 Å². The van der Waals surface area contributed by atoms with Crippen LogP contribution in [0.4, 0.5) is 4.79 Å². The number of pyridine rings is 1. The number of ketones is 1. The number of nitrogens with zero attached hydrogens (tertiary/aromatic N) is 3. The summed E-state index contributed by atoms with van der Waals surface area (Å²) in [6, 6.07) is 13.5. The predicted octanol–water partition coefficient (Wildman–Crippen LogP) is 3.56. The molecule has 2 heterocycles. The maximum Gasteiger partial charge on any atom is 0.410 e. The number of rotatable bonds is 5. The second-order valence-electron chi connectivity index (χ2n) is 8.37. The highest BCUT2D eigenvalue weighted by Crippen LogP contribution is 2.14. The Bertz CT molecular complexity index is 821. The molecule has 0 N–H and O–H groups in total. The predicted molar refractivity (Wildman–Crippen MR) is 112 cm³/mol. The minimum atomic E-state index is -0.464. The number of benzene rings is 1. The first-order chi connectivity index (χ1) is 13.8. The zero-order valence-electron chi connectivity index (χ0n) is 17.4. The molecule has 29 heavy (non-hydrogen) atoms. The molecule has 0 radical (unpaired) electrons. The van der Waals surface area contributed by atoms with Gasteiger partial charge in [0.2, 0.25) is 0 Å². The fraction of sp³-hybridized carbons (Fsp3) is 0.435. The highest BCUT2D eigenvalue weighted by molar-refractivity contribution is 5.95. The summed E-state index contributed by atoms with van der Waals surface area (Å²) in [6.07, 6.45) is 1.75. The molecule has 2 aromatic rings. The van der Waals surface area contributed by atoms with Crippen LogP contribution in [0, 0.1) is 0 Å². The Labute approximate surface area is 172 Å². The third kappa shape index (κ3) is 6.39. The summed E-state index contributed by atoms with van der Waals surface area (Å²) in [5.41, 5.74) is 2.22. The number of amides is 1. The SMILES string of the molecule is CC(C)(C)OC(=O)N1CCN(Cc2ccc(CC(=O)c3ccccn3)cc2)CC1. The number of Topliss-reactive ketones (excluding diaryl/α,β-unsaturated/α-hetero) is 1. The van der Waals surface area contributed by atoms with Gasteiger partial charge in [-0.25, -0.2) is 4.79 Å². The molecule has 0 unspecified atom stereocenters. The van der Waals surface area contributed by atoms with Gasteiger partial charge in [-0.3, -0.25) is 14.7 Å². The second-order valence-corrected chi connectivity index (χ2v) is 8.37. The molecule has 6 heteroatoms. The Kier molecular flexibility index (Phi) is 6.64. The molecule has 0 aliphatic carbocycles. The molecule has 6 nitrogen and oxygen atoms in total. The zero-order chi connectivity index (χ0) is 20.9. The van der Waals surface area contributed by atoms with E-state index >= 15 is 0 Å². The standard InChI is InChI=1S/C23H29N3O3/c1-23(2,3)29-22(28)26-14-12-25(13-15-26)17-19-9-7-18(8-10-19)16-21(27)20-6-4-5-11-24-20/h4-11H,12-17H2,1-3H3. The Morgan fingerprint density at radius 2 is 1.62 bits per heavy atom. The van der Waals surface area contributed by atoms with E-state index in [1.807, 2.05) is 39.0 Å². The largest absolute Gasteiger partial charge is 0.444 e. The highest BCUT2D eigenvalue weighted by atomic mass is 16.6. The molecule has 1 amide bonds. The minimum absolute atomic E-state index is 0.0246. The Morgan fingerprint density at radius 3 is 2.21 bits per heavy atom. The fourth-order valence-corrected chi connectivity index (χ4v) is 3.24. The summed E-state index contributed by atoms with van der Waals surface area (Å²) in [4.78, 5) is 32.6. The maximum absolute atomic E-state index is 12.3. The topological polar surface area (TPSA) is 62.7 Å². The smallest absolute Gasteiger partial charge is 0.410 e. The highest BCUT2D eigenvalue weighted by Gasteiger charge is 2.25.